The van der Waals surface area contributed by atoms with Crippen LogP contribution in [0.25, 0.3) is 5.00 Å². The highest BCUT2D eigenvalue weighted by molar-refractivity contribution is 7.12. The smallest absolute Gasteiger partial charge is 0.342 e. The van der Waals surface area contributed by atoms with Crippen LogP contribution in [-0.4, -0.2) is 38.7 Å². The van der Waals surface area contributed by atoms with Crippen molar-refractivity contribution in [2.24, 2.45) is 5.92 Å². The Balaban J connectivity index is 1.32. The quantitative estimate of drug-likeness (QED) is 0.655. The van der Waals surface area contributed by atoms with Crippen molar-refractivity contribution in [2.45, 2.75) is 45.4 Å². The van der Waals surface area contributed by atoms with Crippen molar-refractivity contribution in [3.05, 3.63) is 69.2 Å². The van der Waals surface area contributed by atoms with Gasteiger partial charge in [-0.15, -0.1) is 11.3 Å². The van der Waals surface area contributed by atoms with Crippen molar-refractivity contribution >= 4 is 17.2 Å². The van der Waals surface area contributed by atoms with E-state index in [2.05, 4.69) is 48.3 Å². The topological polar surface area (TPSA) is 71.0 Å². The lowest BCUT2D eigenvalue weighted by Crippen LogP contribution is -2.39. The Labute approximate surface area is 180 Å². The van der Waals surface area contributed by atoms with E-state index in [9.17, 15) is 9.59 Å². The molecule has 0 radical (unpaired) electrons. The second kappa shape index (κ2) is 9.00. The SMILES string of the molecule is CC(C)c1ccc(CC(=O)N2CCC(Cc3n[nH]c(=O)n3-c3cccs3)CC2)cc1. The van der Waals surface area contributed by atoms with E-state index in [1.165, 1.54) is 16.9 Å². The van der Waals surface area contributed by atoms with Gasteiger partial charge in [0, 0.05) is 19.5 Å². The molecule has 1 saturated heterocycles. The number of nitrogens with one attached hydrogen (secondary N) is 1. The molecule has 3 heterocycles. The Kier molecular flexibility index (Phi) is 6.18. The van der Waals surface area contributed by atoms with Crippen molar-refractivity contribution in [1.82, 2.24) is 19.7 Å². The molecule has 1 aromatic carbocycles. The molecule has 1 aliphatic heterocycles. The number of hydrogen-bond acceptors (Lipinski definition) is 4. The van der Waals surface area contributed by atoms with E-state index in [-0.39, 0.29) is 11.6 Å². The first-order chi connectivity index (χ1) is 14.5. The fourth-order valence-electron chi connectivity index (χ4n) is 4.04. The minimum absolute atomic E-state index is 0.191. The van der Waals surface area contributed by atoms with E-state index in [1.54, 1.807) is 4.57 Å². The van der Waals surface area contributed by atoms with Gasteiger partial charge < -0.3 is 4.90 Å². The highest BCUT2D eigenvalue weighted by Crippen LogP contribution is 2.23. The Morgan fingerprint density at radius 2 is 1.93 bits per heavy atom. The first-order valence-electron chi connectivity index (χ1n) is 10.6. The molecule has 0 unspecified atom stereocenters. The number of carbonyl (C=O) groups is 1. The first-order valence-corrected chi connectivity index (χ1v) is 11.5. The summed E-state index contributed by atoms with van der Waals surface area (Å²) in [6, 6.07) is 12.2. The summed E-state index contributed by atoms with van der Waals surface area (Å²) in [5.74, 6) is 1.89. The number of likely N-dealkylation sites (tertiary alicyclic amines) is 1. The third-order valence-corrected chi connectivity index (χ3v) is 6.76. The molecule has 2 aromatic heterocycles. The number of amides is 1. The van der Waals surface area contributed by atoms with Crippen LogP contribution >= 0.6 is 11.3 Å². The minimum Gasteiger partial charge on any atom is -0.342 e. The molecular weight excluding hydrogens is 396 g/mol. The van der Waals surface area contributed by atoms with Crippen LogP contribution in [0, 0.1) is 5.92 Å². The Morgan fingerprint density at radius 3 is 2.57 bits per heavy atom. The maximum atomic E-state index is 12.7. The molecule has 0 atom stereocenters. The van der Waals surface area contributed by atoms with Crippen molar-refractivity contribution in [3.63, 3.8) is 0 Å². The predicted octanol–water partition coefficient (Wildman–Crippen LogP) is 3.77. The lowest BCUT2D eigenvalue weighted by atomic mass is 9.92. The lowest BCUT2D eigenvalue weighted by Gasteiger charge is -2.32. The molecule has 30 heavy (non-hydrogen) atoms. The van der Waals surface area contributed by atoms with Gasteiger partial charge in [0.15, 0.2) is 0 Å². The highest BCUT2D eigenvalue weighted by Gasteiger charge is 2.25. The average molecular weight is 425 g/mol. The maximum absolute atomic E-state index is 12.7. The van der Waals surface area contributed by atoms with Gasteiger partial charge in [-0.25, -0.2) is 14.5 Å². The van der Waals surface area contributed by atoms with E-state index in [0.717, 1.165) is 48.7 Å². The number of nitrogens with zero attached hydrogens (tertiary/aromatic N) is 3. The van der Waals surface area contributed by atoms with Gasteiger partial charge in [-0.05, 0) is 53.3 Å². The largest absolute Gasteiger partial charge is 0.348 e. The van der Waals surface area contributed by atoms with Crippen LogP contribution in [-0.2, 0) is 17.6 Å². The summed E-state index contributed by atoms with van der Waals surface area (Å²) >= 11 is 1.53. The molecule has 1 fully saturated rings. The van der Waals surface area contributed by atoms with Crippen LogP contribution < -0.4 is 5.69 Å². The standard InChI is InChI=1S/C23H28N4O2S/c1-16(2)19-7-5-17(6-8-19)15-21(28)26-11-9-18(10-12-26)14-20-24-25-23(29)27(20)22-4-3-13-30-22/h3-8,13,16,18H,9-12,14-15H2,1-2H3,(H,25,29). The molecular formula is C23H28N4O2S. The van der Waals surface area contributed by atoms with E-state index < -0.39 is 0 Å². The van der Waals surface area contributed by atoms with Crippen molar-refractivity contribution in [3.8, 4) is 5.00 Å². The van der Waals surface area contributed by atoms with Crippen LogP contribution in [0.1, 0.15) is 49.6 Å². The molecule has 7 heteroatoms. The second-order valence-corrected chi connectivity index (χ2v) is 9.26. The number of benzene rings is 1. The van der Waals surface area contributed by atoms with Crippen LogP contribution in [0.15, 0.2) is 46.6 Å². The maximum Gasteiger partial charge on any atom is 0.348 e. The van der Waals surface area contributed by atoms with Gasteiger partial charge in [0.2, 0.25) is 5.91 Å². The van der Waals surface area contributed by atoms with Gasteiger partial charge in [-0.3, -0.25) is 4.79 Å². The molecule has 1 N–H and O–H groups in total. The summed E-state index contributed by atoms with van der Waals surface area (Å²) in [4.78, 5) is 26.9. The van der Waals surface area contributed by atoms with Gasteiger partial charge in [-0.2, -0.15) is 5.10 Å². The summed E-state index contributed by atoms with van der Waals surface area (Å²) < 4.78 is 1.67. The fraction of sp³-hybridized carbons (Fsp3) is 0.435. The number of aromatic amines is 1. The zero-order chi connectivity index (χ0) is 21.1. The molecule has 1 aliphatic rings. The third-order valence-electron chi connectivity index (χ3n) is 5.91. The highest BCUT2D eigenvalue weighted by atomic mass is 32.1. The van der Waals surface area contributed by atoms with E-state index in [4.69, 9.17) is 0 Å². The van der Waals surface area contributed by atoms with Crippen LogP contribution in [0.5, 0.6) is 0 Å². The Morgan fingerprint density at radius 1 is 1.20 bits per heavy atom. The van der Waals surface area contributed by atoms with Crippen LogP contribution in [0.3, 0.4) is 0 Å². The molecule has 0 spiro atoms. The third kappa shape index (κ3) is 4.56. The van der Waals surface area contributed by atoms with Crippen molar-refractivity contribution in [1.29, 1.82) is 0 Å². The molecule has 3 aromatic rings. The summed E-state index contributed by atoms with van der Waals surface area (Å²) in [5.41, 5.74) is 2.18. The number of piperidine rings is 1. The zero-order valence-electron chi connectivity index (χ0n) is 17.5. The van der Waals surface area contributed by atoms with Gasteiger partial charge in [0.25, 0.3) is 0 Å². The zero-order valence-corrected chi connectivity index (χ0v) is 18.3. The summed E-state index contributed by atoms with van der Waals surface area (Å²) in [7, 11) is 0. The van der Waals surface area contributed by atoms with Gasteiger partial charge in [0.1, 0.15) is 10.8 Å². The number of carbonyl (C=O) groups excluding carboxylic acids is 1. The summed E-state index contributed by atoms with van der Waals surface area (Å²) in [6.07, 6.45) is 3.07. The number of hydrogen-bond donors (Lipinski definition) is 1. The molecule has 0 aliphatic carbocycles. The van der Waals surface area contributed by atoms with Crippen molar-refractivity contribution < 1.29 is 4.79 Å². The number of H-pyrrole nitrogens is 1. The lowest BCUT2D eigenvalue weighted by molar-refractivity contribution is -0.131. The fourth-order valence-corrected chi connectivity index (χ4v) is 4.79. The monoisotopic (exact) mass is 424 g/mol. The predicted molar refractivity (Wildman–Crippen MR) is 119 cm³/mol. The van der Waals surface area contributed by atoms with E-state index in [1.807, 2.05) is 22.4 Å². The van der Waals surface area contributed by atoms with Crippen molar-refractivity contribution in [2.75, 3.05) is 13.1 Å². The molecule has 1 amide bonds. The molecule has 0 saturated carbocycles. The van der Waals surface area contributed by atoms with E-state index in [0.29, 0.717) is 18.3 Å². The molecule has 6 nitrogen and oxygen atoms in total. The first kappa shape index (κ1) is 20.6. The van der Waals surface area contributed by atoms with Crippen LogP contribution in [0.4, 0.5) is 0 Å². The number of aromatic nitrogens is 3. The number of thiophene rings is 1. The Bertz CT molecular complexity index is 1030. The number of rotatable bonds is 6. The van der Waals surface area contributed by atoms with Gasteiger partial charge >= 0.3 is 5.69 Å². The summed E-state index contributed by atoms with van der Waals surface area (Å²) in [5, 5.41) is 9.67. The van der Waals surface area contributed by atoms with Gasteiger partial charge in [-0.1, -0.05) is 38.1 Å². The Hall–Kier alpha value is -2.67. The molecule has 4 rings (SSSR count). The van der Waals surface area contributed by atoms with Crippen LogP contribution in [0.2, 0.25) is 0 Å². The normalized spacial score (nSPS) is 15.1. The molecule has 0 bridgehead atoms. The average Bonchev–Trinajstić information content (AvgIpc) is 3.38. The second-order valence-electron chi connectivity index (χ2n) is 8.33. The van der Waals surface area contributed by atoms with E-state index >= 15 is 0 Å². The van der Waals surface area contributed by atoms with Gasteiger partial charge in [0.05, 0.1) is 6.42 Å². The molecule has 158 valence electrons. The summed E-state index contributed by atoms with van der Waals surface area (Å²) in [6.45, 7) is 5.88. The minimum atomic E-state index is -0.191.